The van der Waals surface area contributed by atoms with E-state index in [-0.39, 0.29) is 23.9 Å². The number of amides is 1. The molecule has 1 aromatic heterocycles. The molecule has 1 atom stereocenters. The second-order valence-corrected chi connectivity index (χ2v) is 5.73. The number of ether oxygens (including phenoxy) is 1. The standard InChI is InChI=1S/C18H17F3N2O3/c1-11(24)9-15-10-14(7-8-22-15)17(25)23-12(2)13-3-5-16(6-4-13)26-18(19,20)21/h3-8,10,12H,9H2,1-2H3,(H,23,25). The van der Waals surface area contributed by atoms with Crippen molar-refractivity contribution in [2.24, 2.45) is 0 Å². The number of carbonyl (C=O) groups is 2. The number of benzene rings is 1. The van der Waals surface area contributed by atoms with E-state index >= 15 is 0 Å². The van der Waals surface area contributed by atoms with Gasteiger partial charge in [0.1, 0.15) is 11.5 Å². The highest BCUT2D eigenvalue weighted by molar-refractivity contribution is 5.94. The predicted octanol–water partition coefficient (Wildman–Crippen LogP) is 3.60. The maximum atomic E-state index is 12.3. The Labute approximate surface area is 148 Å². The zero-order valence-corrected chi connectivity index (χ0v) is 14.1. The molecular formula is C18H17F3N2O3. The molecule has 0 radical (unpaired) electrons. The summed E-state index contributed by atoms with van der Waals surface area (Å²) in [4.78, 5) is 27.5. The first-order valence-corrected chi connectivity index (χ1v) is 7.75. The molecule has 2 rings (SSSR count). The summed E-state index contributed by atoms with van der Waals surface area (Å²) in [6.07, 6.45) is -3.17. The molecule has 0 aliphatic carbocycles. The normalized spacial score (nSPS) is 12.3. The Kier molecular flexibility index (Phi) is 5.97. The van der Waals surface area contributed by atoms with Crippen molar-refractivity contribution >= 4 is 11.7 Å². The molecule has 1 amide bonds. The summed E-state index contributed by atoms with van der Waals surface area (Å²) in [5.74, 6) is -0.771. The van der Waals surface area contributed by atoms with Gasteiger partial charge in [-0.15, -0.1) is 13.2 Å². The molecule has 0 spiro atoms. The number of hydrogen-bond donors (Lipinski definition) is 1. The molecule has 26 heavy (non-hydrogen) atoms. The number of hydrogen-bond acceptors (Lipinski definition) is 4. The number of aromatic nitrogens is 1. The average Bonchev–Trinajstić information content (AvgIpc) is 2.53. The summed E-state index contributed by atoms with van der Waals surface area (Å²) in [6.45, 7) is 3.14. The van der Waals surface area contributed by atoms with Crippen LogP contribution >= 0.6 is 0 Å². The fourth-order valence-corrected chi connectivity index (χ4v) is 2.29. The Bertz CT molecular complexity index is 789. The van der Waals surface area contributed by atoms with E-state index in [9.17, 15) is 22.8 Å². The molecule has 0 fully saturated rings. The zero-order chi connectivity index (χ0) is 19.3. The van der Waals surface area contributed by atoms with Crippen LogP contribution in [0.5, 0.6) is 5.75 Å². The number of nitrogens with one attached hydrogen (secondary N) is 1. The predicted molar refractivity (Wildman–Crippen MR) is 87.6 cm³/mol. The lowest BCUT2D eigenvalue weighted by atomic mass is 10.1. The highest BCUT2D eigenvalue weighted by Gasteiger charge is 2.31. The molecule has 5 nitrogen and oxygen atoms in total. The van der Waals surface area contributed by atoms with Gasteiger partial charge in [-0.05, 0) is 43.7 Å². The minimum absolute atomic E-state index is 0.0652. The molecule has 0 aliphatic heterocycles. The molecule has 2 aromatic rings. The number of nitrogens with zero attached hydrogens (tertiary/aromatic N) is 1. The van der Waals surface area contributed by atoms with E-state index in [4.69, 9.17) is 0 Å². The van der Waals surface area contributed by atoms with Crippen molar-refractivity contribution in [3.8, 4) is 5.75 Å². The van der Waals surface area contributed by atoms with E-state index in [1.54, 1.807) is 6.92 Å². The number of rotatable bonds is 6. The summed E-state index contributed by atoms with van der Waals surface area (Å²) >= 11 is 0. The molecule has 0 bridgehead atoms. The van der Waals surface area contributed by atoms with Crippen molar-refractivity contribution in [1.82, 2.24) is 10.3 Å². The van der Waals surface area contributed by atoms with Crippen LogP contribution in [-0.4, -0.2) is 23.0 Å². The smallest absolute Gasteiger partial charge is 0.406 e. The molecule has 1 unspecified atom stereocenters. The van der Waals surface area contributed by atoms with Crippen molar-refractivity contribution in [2.75, 3.05) is 0 Å². The van der Waals surface area contributed by atoms with Crippen LogP contribution in [0.25, 0.3) is 0 Å². The Morgan fingerprint density at radius 3 is 2.42 bits per heavy atom. The molecule has 1 N–H and O–H groups in total. The average molecular weight is 366 g/mol. The maximum absolute atomic E-state index is 12.3. The number of Topliss-reactive ketones (excluding diaryl/α,β-unsaturated/α-hetero) is 1. The van der Waals surface area contributed by atoms with Gasteiger partial charge in [0, 0.05) is 23.9 Å². The van der Waals surface area contributed by atoms with Crippen LogP contribution in [0.3, 0.4) is 0 Å². The summed E-state index contributed by atoms with van der Waals surface area (Å²) in [5.41, 5.74) is 1.46. The van der Waals surface area contributed by atoms with Crippen LogP contribution < -0.4 is 10.1 Å². The Balaban J connectivity index is 2.03. The summed E-state index contributed by atoms with van der Waals surface area (Å²) in [5, 5.41) is 2.75. The summed E-state index contributed by atoms with van der Waals surface area (Å²) < 4.78 is 40.3. The molecule has 0 saturated carbocycles. The number of halogens is 3. The Hall–Kier alpha value is -2.90. The van der Waals surface area contributed by atoms with Gasteiger partial charge < -0.3 is 10.1 Å². The lowest BCUT2D eigenvalue weighted by molar-refractivity contribution is -0.274. The SMILES string of the molecule is CC(=O)Cc1cc(C(=O)NC(C)c2ccc(OC(F)(F)F)cc2)ccn1. The van der Waals surface area contributed by atoms with Gasteiger partial charge in [0.25, 0.3) is 5.91 Å². The first-order chi connectivity index (χ1) is 12.1. The summed E-state index contributed by atoms with van der Waals surface area (Å²) in [7, 11) is 0. The van der Waals surface area contributed by atoms with E-state index in [0.29, 0.717) is 16.8 Å². The van der Waals surface area contributed by atoms with Gasteiger partial charge >= 0.3 is 6.36 Å². The van der Waals surface area contributed by atoms with E-state index in [1.165, 1.54) is 49.5 Å². The largest absolute Gasteiger partial charge is 0.573 e. The quantitative estimate of drug-likeness (QED) is 0.848. The zero-order valence-electron chi connectivity index (χ0n) is 14.1. The second kappa shape index (κ2) is 7.99. The lowest BCUT2D eigenvalue weighted by Gasteiger charge is -2.15. The third kappa shape index (κ3) is 5.87. The van der Waals surface area contributed by atoms with Gasteiger partial charge in [0.2, 0.25) is 0 Å². The van der Waals surface area contributed by atoms with Crippen molar-refractivity contribution in [3.05, 3.63) is 59.4 Å². The Morgan fingerprint density at radius 2 is 1.85 bits per heavy atom. The van der Waals surface area contributed by atoms with Gasteiger partial charge in [0.05, 0.1) is 6.04 Å². The topological polar surface area (TPSA) is 68.3 Å². The van der Waals surface area contributed by atoms with Crippen molar-refractivity contribution in [3.63, 3.8) is 0 Å². The molecule has 8 heteroatoms. The molecule has 0 saturated heterocycles. The van der Waals surface area contributed by atoms with Gasteiger partial charge in [0.15, 0.2) is 0 Å². The third-order valence-corrected chi connectivity index (χ3v) is 3.47. The van der Waals surface area contributed by atoms with Gasteiger partial charge in [-0.3, -0.25) is 14.6 Å². The van der Waals surface area contributed by atoms with E-state index in [2.05, 4.69) is 15.0 Å². The Morgan fingerprint density at radius 1 is 1.19 bits per heavy atom. The van der Waals surface area contributed by atoms with Crippen molar-refractivity contribution in [2.45, 2.75) is 32.7 Å². The highest BCUT2D eigenvalue weighted by atomic mass is 19.4. The number of pyridine rings is 1. The second-order valence-electron chi connectivity index (χ2n) is 5.73. The lowest BCUT2D eigenvalue weighted by Crippen LogP contribution is -2.26. The van der Waals surface area contributed by atoms with Crippen LogP contribution in [0.2, 0.25) is 0 Å². The molecule has 138 valence electrons. The molecule has 0 aliphatic rings. The monoisotopic (exact) mass is 366 g/mol. The van der Waals surface area contributed by atoms with Crippen LogP contribution in [0, 0.1) is 0 Å². The first kappa shape index (κ1) is 19.4. The number of carbonyl (C=O) groups excluding carboxylic acids is 2. The first-order valence-electron chi connectivity index (χ1n) is 7.75. The summed E-state index contributed by atoms with van der Waals surface area (Å²) in [6, 6.07) is 7.87. The maximum Gasteiger partial charge on any atom is 0.573 e. The third-order valence-electron chi connectivity index (χ3n) is 3.47. The van der Waals surface area contributed by atoms with Crippen LogP contribution in [-0.2, 0) is 11.2 Å². The van der Waals surface area contributed by atoms with Gasteiger partial charge in [-0.2, -0.15) is 0 Å². The van der Waals surface area contributed by atoms with E-state index < -0.39 is 12.4 Å². The van der Waals surface area contributed by atoms with Gasteiger partial charge in [-0.1, -0.05) is 12.1 Å². The van der Waals surface area contributed by atoms with Gasteiger partial charge in [-0.25, -0.2) is 0 Å². The van der Waals surface area contributed by atoms with Crippen LogP contribution in [0.4, 0.5) is 13.2 Å². The van der Waals surface area contributed by atoms with E-state index in [1.807, 2.05) is 0 Å². The van der Waals surface area contributed by atoms with Crippen molar-refractivity contribution in [1.29, 1.82) is 0 Å². The number of alkyl halides is 3. The fourth-order valence-electron chi connectivity index (χ4n) is 2.29. The minimum atomic E-state index is -4.75. The molecule has 1 heterocycles. The molecule has 1 aromatic carbocycles. The number of ketones is 1. The highest BCUT2D eigenvalue weighted by Crippen LogP contribution is 2.24. The van der Waals surface area contributed by atoms with E-state index in [0.717, 1.165) is 0 Å². The fraction of sp³-hybridized carbons (Fsp3) is 0.278. The minimum Gasteiger partial charge on any atom is -0.406 e. The molecular weight excluding hydrogens is 349 g/mol. The van der Waals surface area contributed by atoms with Crippen molar-refractivity contribution < 1.29 is 27.5 Å². The van der Waals surface area contributed by atoms with Crippen LogP contribution in [0.15, 0.2) is 42.6 Å². The van der Waals surface area contributed by atoms with Crippen LogP contribution in [0.1, 0.15) is 41.5 Å².